The highest BCUT2D eigenvalue weighted by atomic mass is 35.5. The number of rotatable bonds is 5. The average Bonchev–Trinajstić information content (AvgIpc) is 3.26. The Balaban J connectivity index is 1.50. The summed E-state index contributed by atoms with van der Waals surface area (Å²) in [5.74, 6) is -4.23. The first kappa shape index (κ1) is 27.4. The molecule has 0 bridgehead atoms. The molecule has 0 saturated carbocycles. The van der Waals surface area contributed by atoms with Crippen LogP contribution in [0.2, 0.25) is 15.1 Å². The van der Waals surface area contributed by atoms with Crippen LogP contribution in [0.4, 0.5) is 22.0 Å². The van der Waals surface area contributed by atoms with Gasteiger partial charge >= 0.3 is 6.18 Å². The third-order valence-corrected chi connectivity index (χ3v) is 7.23. The second-order valence-corrected chi connectivity index (χ2v) is 9.90. The summed E-state index contributed by atoms with van der Waals surface area (Å²) in [7, 11) is 0. The number of hydrogen-bond donors (Lipinski definition) is 1. The molecule has 2 aromatic carbocycles. The predicted octanol–water partition coefficient (Wildman–Crippen LogP) is 5.74. The molecule has 14 heteroatoms. The van der Waals surface area contributed by atoms with Crippen LogP contribution in [-0.2, 0) is 15.2 Å². The van der Waals surface area contributed by atoms with Crippen molar-refractivity contribution in [3.8, 4) is 0 Å². The van der Waals surface area contributed by atoms with Crippen molar-refractivity contribution in [1.29, 1.82) is 0 Å². The van der Waals surface area contributed by atoms with Crippen molar-refractivity contribution in [2.75, 3.05) is 19.6 Å². The van der Waals surface area contributed by atoms with E-state index in [1.54, 1.807) is 6.92 Å². The van der Waals surface area contributed by atoms with Crippen LogP contribution in [0.3, 0.4) is 0 Å². The smallest absolute Gasteiger partial charge is 0.374 e. The maximum atomic E-state index is 14.2. The summed E-state index contributed by atoms with van der Waals surface area (Å²) in [6.07, 6.45) is -5.61. The van der Waals surface area contributed by atoms with E-state index < -0.39 is 55.6 Å². The van der Waals surface area contributed by atoms with Crippen molar-refractivity contribution in [3.63, 3.8) is 0 Å². The van der Waals surface area contributed by atoms with E-state index in [1.807, 2.05) is 0 Å². The number of halogens is 8. The Hall–Kier alpha value is -2.63. The van der Waals surface area contributed by atoms with E-state index >= 15 is 0 Å². The van der Waals surface area contributed by atoms with Gasteiger partial charge in [0.15, 0.2) is 0 Å². The van der Waals surface area contributed by atoms with Crippen LogP contribution in [0.15, 0.2) is 35.5 Å². The lowest BCUT2D eigenvalue weighted by atomic mass is 9.86. The summed E-state index contributed by atoms with van der Waals surface area (Å²) < 4.78 is 68.5. The number of amides is 2. The quantitative estimate of drug-likeness (QED) is 0.360. The van der Waals surface area contributed by atoms with Gasteiger partial charge in [-0.25, -0.2) is 8.78 Å². The fourth-order valence-corrected chi connectivity index (χ4v) is 4.59. The van der Waals surface area contributed by atoms with E-state index in [4.69, 9.17) is 39.6 Å². The van der Waals surface area contributed by atoms with Crippen LogP contribution in [0.1, 0.15) is 33.5 Å². The number of oxime groups is 1. The van der Waals surface area contributed by atoms with Crippen molar-refractivity contribution in [1.82, 2.24) is 10.2 Å². The van der Waals surface area contributed by atoms with Crippen LogP contribution < -0.4 is 5.32 Å². The number of nitrogens with zero attached hydrogens (tertiary/aromatic N) is 2. The zero-order valence-electron chi connectivity index (χ0n) is 18.9. The molecule has 198 valence electrons. The third-order valence-electron chi connectivity index (χ3n) is 6.04. The minimum atomic E-state index is -4.90. The molecule has 2 aliphatic rings. The van der Waals surface area contributed by atoms with Crippen molar-refractivity contribution in [2.45, 2.75) is 31.0 Å². The molecule has 1 fully saturated rings. The molecule has 2 amide bonds. The van der Waals surface area contributed by atoms with Gasteiger partial charge in [0.2, 0.25) is 5.91 Å². The highest BCUT2D eigenvalue weighted by Gasteiger charge is 2.62. The molecule has 0 aromatic heterocycles. The van der Waals surface area contributed by atoms with Gasteiger partial charge < -0.3 is 15.1 Å². The molecule has 1 saturated heterocycles. The number of nitrogens with one attached hydrogen (secondary N) is 1. The monoisotopic (exact) mass is 583 g/mol. The Labute approximate surface area is 222 Å². The molecular weight excluding hydrogens is 568 g/mol. The topological polar surface area (TPSA) is 71.0 Å². The minimum absolute atomic E-state index is 0.0385. The van der Waals surface area contributed by atoms with E-state index in [9.17, 15) is 31.5 Å². The zero-order valence-corrected chi connectivity index (χ0v) is 21.1. The van der Waals surface area contributed by atoms with Crippen molar-refractivity contribution in [2.24, 2.45) is 5.16 Å². The Kier molecular flexibility index (Phi) is 7.11. The molecule has 2 heterocycles. The SMILES string of the molecule is Cc1cc(C2=NOC(c3cc(Cl)c(Cl)c(Cl)c3)(C(F)(F)F)C2)ccc1C(=O)NCC(=O)N1CC(F)(F)C1. The number of likely N-dealkylation sites (tertiary alicyclic amines) is 1. The van der Waals surface area contributed by atoms with E-state index in [0.29, 0.717) is 5.56 Å². The van der Waals surface area contributed by atoms with Gasteiger partial charge in [0.05, 0.1) is 40.4 Å². The van der Waals surface area contributed by atoms with Crippen LogP contribution >= 0.6 is 34.8 Å². The minimum Gasteiger partial charge on any atom is -0.374 e. The van der Waals surface area contributed by atoms with Crippen LogP contribution in [0, 0.1) is 6.92 Å². The van der Waals surface area contributed by atoms with Gasteiger partial charge in [-0.05, 0) is 42.3 Å². The van der Waals surface area contributed by atoms with Gasteiger partial charge in [-0.15, -0.1) is 0 Å². The van der Waals surface area contributed by atoms with Crippen LogP contribution in [0.5, 0.6) is 0 Å². The molecule has 2 aromatic rings. The summed E-state index contributed by atoms with van der Waals surface area (Å²) >= 11 is 17.8. The van der Waals surface area contributed by atoms with Crippen molar-refractivity contribution < 1.29 is 36.4 Å². The summed E-state index contributed by atoms with van der Waals surface area (Å²) in [5, 5.41) is 5.57. The molecule has 1 unspecified atom stereocenters. The number of hydrogen-bond acceptors (Lipinski definition) is 4. The van der Waals surface area contributed by atoms with Crippen LogP contribution in [0.25, 0.3) is 0 Å². The van der Waals surface area contributed by atoms with E-state index in [2.05, 4.69) is 10.5 Å². The molecule has 0 radical (unpaired) electrons. The Bertz CT molecular complexity index is 1290. The fraction of sp³-hybridized carbons (Fsp3) is 0.348. The lowest BCUT2D eigenvalue weighted by molar-refractivity contribution is -0.275. The Morgan fingerprint density at radius 1 is 1.11 bits per heavy atom. The molecule has 4 rings (SSSR count). The summed E-state index contributed by atoms with van der Waals surface area (Å²) in [6.45, 7) is -0.333. The molecule has 0 spiro atoms. The summed E-state index contributed by atoms with van der Waals surface area (Å²) in [4.78, 5) is 30.3. The molecule has 6 nitrogen and oxygen atoms in total. The maximum absolute atomic E-state index is 14.2. The largest absolute Gasteiger partial charge is 0.435 e. The first-order valence-corrected chi connectivity index (χ1v) is 11.8. The van der Waals surface area contributed by atoms with Crippen LogP contribution in [-0.4, -0.2) is 54.2 Å². The molecule has 1 N–H and O–H groups in total. The predicted molar refractivity (Wildman–Crippen MR) is 126 cm³/mol. The van der Waals surface area contributed by atoms with Gasteiger partial charge in [-0.2, -0.15) is 13.2 Å². The highest BCUT2D eigenvalue weighted by molar-refractivity contribution is 6.48. The Morgan fingerprint density at radius 2 is 1.73 bits per heavy atom. The number of carbonyl (C=O) groups excluding carboxylic acids is 2. The standard InChI is InChI=1S/C23H17Cl3F5N3O3/c1-11-4-12(2-3-14(11)20(36)32-8-18(35)34-9-21(27,28)10-34)17-7-22(37-33-17,23(29,30)31)13-5-15(24)19(26)16(25)6-13/h2-6H,7-10H2,1H3,(H,32,36). The van der Waals surface area contributed by atoms with Gasteiger partial charge in [-0.1, -0.05) is 46.0 Å². The normalized spacial score (nSPS) is 20.7. The Morgan fingerprint density at radius 3 is 2.27 bits per heavy atom. The molecule has 37 heavy (non-hydrogen) atoms. The van der Waals surface area contributed by atoms with Gasteiger partial charge in [0.1, 0.15) is 0 Å². The second-order valence-electron chi connectivity index (χ2n) is 8.70. The highest BCUT2D eigenvalue weighted by Crippen LogP contribution is 2.50. The molecule has 1 atom stereocenters. The fourth-order valence-electron chi connectivity index (χ4n) is 4.00. The van der Waals surface area contributed by atoms with Gasteiger partial charge in [0.25, 0.3) is 17.4 Å². The lowest BCUT2D eigenvalue weighted by Crippen LogP contribution is -2.60. The number of carbonyl (C=O) groups is 2. The maximum Gasteiger partial charge on any atom is 0.435 e. The number of alkyl halides is 5. The van der Waals surface area contributed by atoms with Gasteiger partial charge in [-0.3, -0.25) is 9.59 Å². The second kappa shape index (κ2) is 9.59. The average molecular weight is 585 g/mol. The van der Waals surface area contributed by atoms with E-state index in [1.165, 1.54) is 18.2 Å². The van der Waals surface area contributed by atoms with Crippen molar-refractivity contribution >= 4 is 52.3 Å². The van der Waals surface area contributed by atoms with Gasteiger partial charge in [0, 0.05) is 17.5 Å². The van der Waals surface area contributed by atoms with Crippen molar-refractivity contribution in [3.05, 3.63) is 67.7 Å². The summed E-state index contributed by atoms with van der Waals surface area (Å²) in [5.41, 5.74) is -2.49. The lowest BCUT2D eigenvalue weighted by Gasteiger charge is -2.38. The van der Waals surface area contributed by atoms with E-state index in [0.717, 1.165) is 17.0 Å². The summed E-state index contributed by atoms with van der Waals surface area (Å²) in [6, 6.07) is 6.22. The third kappa shape index (κ3) is 5.21. The number of aryl methyl sites for hydroxylation is 1. The molecular formula is C23H17Cl3F5N3O3. The first-order valence-electron chi connectivity index (χ1n) is 10.7. The zero-order chi connectivity index (χ0) is 27.3. The van der Waals surface area contributed by atoms with E-state index in [-0.39, 0.29) is 37.5 Å². The molecule has 0 aliphatic carbocycles. The first-order chi connectivity index (χ1) is 17.1. The number of benzene rings is 2. The molecule has 2 aliphatic heterocycles.